The van der Waals surface area contributed by atoms with E-state index in [4.69, 9.17) is 4.74 Å². The Morgan fingerprint density at radius 3 is 2.67 bits per heavy atom. The Kier molecular flexibility index (Phi) is 6.35. The minimum Gasteiger partial charge on any atom is -0.480 e. The van der Waals surface area contributed by atoms with E-state index < -0.39 is 0 Å². The monoisotopic (exact) mass is 316 g/mol. The number of rotatable bonds is 7. The number of ether oxygens (including phenoxy) is 1. The standard InChI is InChI=1S/C12H21BrN4O/c1-5-17(6-2)8-9(3)15-12-14-7-10(13)11(16-12)18-4/h7,9H,5-6,8H2,1-4H3,(H,14,15,16). The molecule has 0 saturated carbocycles. The molecule has 0 aliphatic heterocycles. The van der Waals surface area contributed by atoms with Gasteiger partial charge in [-0.05, 0) is 35.9 Å². The maximum atomic E-state index is 5.14. The van der Waals surface area contributed by atoms with E-state index in [2.05, 4.69) is 56.9 Å². The van der Waals surface area contributed by atoms with Crippen molar-refractivity contribution in [3.8, 4) is 5.88 Å². The summed E-state index contributed by atoms with van der Waals surface area (Å²) in [4.78, 5) is 10.9. The summed E-state index contributed by atoms with van der Waals surface area (Å²) in [5, 5.41) is 3.28. The van der Waals surface area contributed by atoms with E-state index in [1.807, 2.05) is 0 Å². The third-order valence-corrected chi connectivity index (χ3v) is 3.25. The van der Waals surface area contributed by atoms with Gasteiger partial charge in [0.05, 0.1) is 17.8 Å². The highest BCUT2D eigenvalue weighted by Gasteiger charge is 2.10. The third kappa shape index (κ3) is 4.42. The number of hydrogen-bond donors (Lipinski definition) is 1. The van der Waals surface area contributed by atoms with Gasteiger partial charge in [-0.15, -0.1) is 0 Å². The van der Waals surface area contributed by atoms with Crippen LogP contribution in [0.3, 0.4) is 0 Å². The molecule has 0 aliphatic rings. The molecule has 1 atom stereocenters. The Hall–Kier alpha value is -0.880. The lowest BCUT2D eigenvalue weighted by Gasteiger charge is -2.23. The summed E-state index contributed by atoms with van der Waals surface area (Å²) in [6, 6.07) is 0.288. The van der Waals surface area contributed by atoms with Crippen molar-refractivity contribution in [3.63, 3.8) is 0 Å². The molecule has 0 radical (unpaired) electrons. The molecule has 1 heterocycles. The van der Waals surface area contributed by atoms with Crippen LogP contribution in [0.25, 0.3) is 0 Å². The Labute approximate surface area is 117 Å². The highest BCUT2D eigenvalue weighted by molar-refractivity contribution is 9.10. The quantitative estimate of drug-likeness (QED) is 0.837. The molecule has 1 rings (SSSR count). The minimum atomic E-state index is 0.288. The van der Waals surface area contributed by atoms with Crippen molar-refractivity contribution < 1.29 is 4.74 Å². The summed E-state index contributed by atoms with van der Waals surface area (Å²) in [5.74, 6) is 1.14. The summed E-state index contributed by atoms with van der Waals surface area (Å²) in [7, 11) is 1.59. The van der Waals surface area contributed by atoms with Crippen molar-refractivity contribution in [1.82, 2.24) is 14.9 Å². The lowest BCUT2D eigenvalue weighted by atomic mass is 10.3. The zero-order chi connectivity index (χ0) is 13.5. The second kappa shape index (κ2) is 7.53. The lowest BCUT2D eigenvalue weighted by Crippen LogP contribution is -2.35. The predicted molar refractivity (Wildman–Crippen MR) is 77.2 cm³/mol. The maximum absolute atomic E-state index is 5.14. The summed E-state index contributed by atoms with van der Waals surface area (Å²) in [6.07, 6.45) is 1.69. The van der Waals surface area contributed by atoms with Gasteiger partial charge in [0.15, 0.2) is 0 Å². The summed E-state index contributed by atoms with van der Waals surface area (Å²) in [5.41, 5.74) is 0. The van der Waals surface area contributed by atoms with E-state index in [1.54, 1.807) is 13.3 Å². The highest BCUT2D eigenvalue weighted by atomic mass is 79.9. The normalized spacial score (nSPS) is 12.6. The van der Waals surface area contributed by atoms with E-state index in [1.165, 1.54) is 0 Å². The van der Waals surface area contributed by atoms with Gasteiger partial charge in [-0.3, -0.25) is 0 Å². The number of aromatic nitrogens is 2. The van der Waals surface area contributed by atoms with E-state index >= 15 is 0 Å². The zero-order valence-electron chi connectivity index (χ0n) is 11.4. The fourth-order valence-corrected chi connectivity index (χ4v) is 2.05. The van der Waals surface area contributed by atoms with Crippen LogP contribution in [0.15, 0.2) is 10.7 Å². The first-order valence-corrected chi connectivity index (χ1v) is 6.95. The van der Waals surface area contributed by atoms with Crippen LogP contribution in [0, 0.1) is 0 Å². The van der Waals surface area contributed by atoms with Crippen LogP contribution < -0.4 is 10.1 Å². The first-order valence-electron chi connectivity index (χ1n) is 6.16. The van der Waals surface area contributed by atoms with Crippen LogP contribution in [-0.4, -0.2) is 47.7 Å². The van der Waals surface area contributed by atoms with Gasteiger partial charge in [-0.2, -0.15) is 4.98 Å². The number of anilines is 1. The molecular weight excluding hydrogens is 296 g/mol. The van der Waals surface area contributed by atoms with Crippen molar-refractivity contribution in [3.05, 3.63) is 10.7 Å². The van der Waals surface area contributed by atoms with Crippen LogP contribution >= 0.6 is 15.9 Å². The molecule has 0 fully saturated rings. The third-order valence-electron chi connectivity index (χ3n) is 2.71. The number of halogens is 1. The van der Waals surface area contributed by atoms with E-state index in [9.17, 15) is 0 Å². The summed E-state index contributed by atoms with van der Waals surface area (Å²) in [6.45, 7) is 9.51. The van der Waals surface area contributed by atoms with E-state index in [0.717, 1.165) is 24.1 Å². The Bertz CT molecular complexity index is 371. The van der Waals surface area contributed by atoms with Crippen LogP contribution in [0.4, 0.5) is 5.95 Å². The summed E-state index contributed by atoms with van der Waals surface area (Å²) < 4.78 is 5.90. The van der Waals surface area contributed by atoms with Gasteiger partial charge in [0.1, 0.15) is 0 Å². The Morgan fingerprint density at radius 1 is 1.44 bits per heavy atom. The molecule has 6 heteroatoms. The number of methoxy groups -OCH3 is 1. The second-order valence-electron chi connectivity index (χ2n) is 4.08. The lowest BCUT2D eigenvalue weighted by molar-refractivity contribution is 0.294. The average Bonchev–Trinajstić information content (AvgIpc) is 2.38. The molecule has 0 bridgehead atoms. The molecule has 0 aromatic carbocycles. The molecule has 0 saturated heterocycles. The van der Waals surface area contributed by atoms with E-state index in [0.29, 0.717) is 11.8 Å². The molecule has 0 aliphatic carbocycles. The average molecular weight is 317 g/mol. The van der Waals surface area contributed by atoms with Crippen molar-refractivity contribution in [2.24, 2.45) is 0 Å². The van der Waals surface area contributed by atoms with Crippen LogP contribution in [-0.2, 0) is 0 Å². The van der Waals surface area contributed by atoms with Crippen molar-refractivity contribution in [2.75, 3.05) is 32.1 Å². The summed E-state index contributed by atoms with van der Waals surface area (Å²) >= 11 is 3.33. The Morgan fingerprint density at radius 2 is 2.11 bits per heavy atom. The molecule has 102 valence electrons. The van der Waals surface area contributed by atoms with Gasteiger partial charge in [-0.1, -0.05) is 13.8 Å². The van der Waals surface area contributed by atoms with Gasteiger partial charge in [0, 0.05) is 12.6 Å². The molecule has 1 unspecified atom stereocenters. The highest BCUT2D eigenvalue weighted by Crippen LogP contribution is 2.21. The zero-order valence-corrected chi connectivity index (χ0v) is 13.0. The molecular formula is C12H21BrN4O. The number of hydrogen-bond acceptors (Lipinski definition) is 5. The first kappa shape index (κ1) is 15.2. The van der Waals surface area contributed by atoms with Crippen LogP contribution in [0.1, 0.15) is 20.8 Å². The van der Waals surface area contributed by atoms with Gasteiger partial charge in [-0.25, -0.2) is 4.98 Å². The topological polar surface area (TPSA) is 50.3 Å². The smallest absolute Gasteiger partial charge is 0.232 e. The van der Waals surface area contributed by atoms with Crippen molar-refractivity contribution in [2.45, 2.75) is 26.8 Å². The van der Waals surface area contributed by atoms with Crippen LogP contribution in [0.2, 0.25) is 0 Å². The maximum Gasteiger partial charge on any atom is 0.232 e. The second-order valence-corrected chi connectivity index (χ2v) is 4.94. The van der Waals surface area contributed by atoms with Crippen molar-refractivity contribution in [1.29, 1.82) is 0 Å². The van der Waals surface area contributed by atoms with Crippen LogP contribution in [0.5, 0.6) is 5.88 Å². The van der Waals surface area contributed by atoms with Gasteiger partial charge < -0.3 is 15.0 Å². The predicted octanol–water partition coefficient (Wildman–Crippen LogP) is 2.39. The van der Waals surface area contributed by atoms with Gasteiger partial charge in [0.25, 0.3) is 0 Å². The molecule has 1 N–H and O–H groups in total. The number of nitrogens with zero attached hydrogens (tertiary/aromatic N) is 3. The minimum absolute atomic E-state index is 0.288. The van der Waals surface area contributed by atoms with Gasteiger partial charge >= 0.3 is 0 Å². The fraction of sp³-hybridized carbons (Fsp3) is 0.667. The largest absolute Gasteiger partial charge is 0.480 e. The van der Waals surface area contributed by atoms with Crippen molar-refractivity contribution >= 4 is 21.9 Å². The number of nitrogens with one attached hydrogen (secondary N) is 1. The molecule has 1 aromatic rings. The van der Waals surface area contributed by atoms with Gasteiger partial charge in [0.2, 0.25) is 11.8 Å². The van der Waals surface area contributed by atoms with E-state index in [-0.39, 0.29) is 6.04 Å². The molecule has 0 spiro atoms. The number of likely N-dealkylation sites (N-methyl/N-ethyl adjacent to an activating group) is 1. The SMILES string of the molecule is CCN(CC)CC(C)Nc1ncc(Br)c(OC)n1. The molecule has 18 heavy (non-hydrogen) atoms. The molecule has 5 nitrogen and oxygen atoms in total. The first-order chi connectivity index (χ1) is 8.60. The fourth-order valence-electron chi connectivity index (χ4n) is 1.70. The molecule has 1 aromatic heterocycles. The Balaban J connectivity index is 2.61. The molecule has 0 amide bonds.